The Labute approximate surface area is 363 Å². The second-order valence-corrected chi connectivity index (χ2v) is 16.3. The van der Waals surface area contributed by atoms with Gasteiger partial charge in [-0.15, -0.1) is 0 Å². The highest BCUT2D eigenvalue weighted by Gasteiger charge is 2.52. The molecule has 1 atom stereocenters. The molecule has 0 heterocycles. The van der Waals surface area contributed by atoms with Crippen LogP contribution >= 0.6 is 0 Å². The summed E-state index contributed by atoms with van der Waals surface area (Å²) in [7, 11) is 0. The van der Waals surface area contributed by atoms with Gasteiger partial charge >= 0.3 is 0 Å². The van der Waals surface area contributed by atoms with Crippen LogP contribution in [0.5, 0.6) is 0 Å². The molecule has 1 nitrogen and oxygen atoms in total. The van der Waals surface area contributed by atoms with Gasteiger partial charge in [0.25, 0.3) is 0 Å². The zero-order valence-corrected chi connectivity index (χ0v) is 34.1. The normalized spacial score (nSPS) is 14.2. The first kappa shape index (κ1) is 35.9. The molecule has 10 aromatic rings. The molecule has 0 N–H and O–H groups in total. The van der Waals surface area contributed by atoms with Gasteiger partial charge in [0.2, 0.25) is 0 Å². The van der Waals surface area contributed by atoms with E-state index in [0.29, 0.717) is 0 Å². The minimum atomic E-state index is -0.534. The molecule has 0 bridgehead atoms. The van der Waals surface area contributed by atoms with Crippen LogP contribution in [0, 0.1) is 0 Å². The zero-order valence-electron chi connectivity index (χ0n) is 34.1. The number of para-hydroxylation sites is 1. The maximum absolute atomic E-state index is 2.50. The Hall–Kier alpha value is -8.00. The van der Waals surface area contributed by atoms with Crippen LogP contribution in [0.2, 0.25) is 0 Å². The molecule has 2 aliphatic rings. The number of anilines is 3. The van der Waals surface area contributed by atoms with Crippen LogP contribution in [-0.4, -0.2) is 0 Å². The number of fused-ring (bicyclic) bond motifs is 10. The van der Waals surface area contributed by atoms with Crippen molar-refractivity contribution in [2.75, 3.05) is 4.90 Å². The van der Waals surface area contributed by atoms with Crippen LogP contribution in [0.4, 0.5) is 17.1 Å². The first-order chi connectivity index (χ1) is 30.8. The Balaban J connectivity index is 1.12. The molecule has 1 heteroatoms. The van der Waals surface area contributed by atoms with Crippen LogP contribution in [0.25, 0.3) is 66.8 Å². The summed E-state index contributed by atoms with van der Waals surface area (Å²) in [5, 5.41) is 0. The van der Waals surface area contributed by atoms with Crippen LogP contribution in [0.15, 0.2) is 249 Å². The summed E-state index contributed by atoms with van der Waals surface area (Å²) in [6, 6.07) is 91.5. The van der Waals surface area contributed by atoms with Gasteiger partial charge in [-0.1, -0.05) is 218 Å². The van der Waals surface area contributed by atoms with Gasteiger partial charge in [0.1, 0.15) is 0 Å². The molecule has 10 aromatic carbocycles. The number of hydrogen-bond donors (Lipinski definition) is 0. The van der Waals surface area contributed by atoms with E-state index in [4.69, 9.17) is 0 Å². The van der Waals surface area contributed by atoms with E-state index >= 15 is 0 Å². The quantitative estimate of drug-likeness (QED) is 0.155. The Kier molecular flexibility index (Phi) is 8.47. The Morgan fingerprint density at radius 1 is 0.242 bits per heavy atom. The highest BCUT2D eigenvalue weighted by atomic mass is 15.1. The smallest absolute Gasteiger partial charge is 0.0726 e. The number of rotatable bonds is 7. The first-order valence-electron chi connectivity index (χ1n) is 21.5. The lowest BCUT2D eigenvalue weighted by Crippen LogP contribution is -2.26. The predicted octanol–water partition coefficient (Wildman–Crippen LogP) is 16.2. The summed E-state index contributed by atoms with van der Waals surface area (Å²) in [6.07, 6.45) is 0. The van der Waals surface area contributed by atoms with Crippen molar-refractivity contribution in [1.82, 2.24) is 0 Å². The molecular weight excluding hydrogens is 747 g/mol. The van der Waals surface area contributed by atoms with Crippen LogP contribution in [0.1, 0.15) is 22.3 Å². The van der Waals surface area contributed by atoms with Crippen molar-refractivity contribution in [3.8, 4) is 66.8 Å². The molecule has 290 valence electrons. The van der Waals surface area contributed by atoms with E-state index < -0.39 is 5.41 Å². The summed E-state index contributed by atoms with van der Waals surface area (Å²) in [5.41, 5.74) is 22.9. The molecule has 0 aromatic heterocycles. The summed E-state index contributed by atoms with van der Waals surface area (Å²) in [4.78, 5) is 2.50. The van der Waals surface area contributed by atoms with Crippen molar-refractivity contribution in [3.63, 3.8) is 0 Å². The van der Waals surface area contributed by atoms with Gasteiger partial charge in [0.05, 0.1) is 16.8 Å². The molecule has 0 saturated carbocycles. The minimum absolute atomic E-state index is 0.534. The Morgan fingerprint density at radius 2 is 0.677 bits per heavy atom. The number of hydrogen-bond acceptors (Lipinski definition) is 1. The highest BCUT2D eigenvalue weighted by molar-refractivity contribution is 6.03. The molecule has 62 heavy (non-hydrogen) atoms. The van der Waals surface area contributed by atoms with E-state index in [1.807, 2.05) is 0 Å². The Bertz CT molecular complexity index is 3280. The minimum Gasteiger partial charge on any atom is -0.309 e. The fourth-order valence-corrected chi connectivity index (χ4v) is 10.5. The molecule has 12 rings (SSSR count). The molecule has 1 unspecified atom stereocenters. The van der Waals surface area contributed by atoms with Gasteiger partial charge in [-0.05, 0) is 108 Å². The van der Waals surface area contributed by atoms with Crippen LogP contribution in [0.3, 0.4) is 0 Å². The second-order valence-electron chi connectivity index (χ2n) is 16.3. The van der Waals surface area contributed by atoms with E-state index in [-0.39, 0.29) is 0 Å². The summed E-state index contributed by atoms with van der Waals surface area (Å²) in [6.45, 7) is 0. The zero-order chi connectivity index (χ0) is 41.0. The van der Waals surface area contributed by atoms with Gasteiger partial charge in [-0.25, -0.2) is 0 Å². The standard InChI is InChI=1S/C61H41N/c1-4-19-42(20-5-1)43-35-38-47(39-36-43)62(58-33-17-14-27-50(58)45-23-8-3-9-24-45)59-34-18-32-56-60(59)53-29-13-16-31-55(53)61(56)54-30-15-12-28-51(54)52-40-37-46(41-57(52)61)49-26-11-10-25-48(49)44-21-6-2-7-22-44/h1-41H. The molecule has 0 radical (unpaired) electrons. The van der Waals surface area contributed by atoms with E-state index in [1.165, 1.54) is 89.0 Å². The van der Waals surface area contributed by atoms with Gasteiger partial charge in [0, 0.05) is 16.8 Å². The lowest BCUT2D eigenvalue weighted by Gasteiger charge is -2.32. The van der Waals surface area contributed by atoms with Crippen molar-refractivity contribution in [1.29, 1.82) is 0 Å². The molecule has 0 amide bonds. The van der Waals surface area contributed by atoms with Crippen molar-refractivity contribution in [2.45, 2.75) is 5.41 Å². The third-order valence-corrected chi connectivity index (χ3v) is 13.1. The first-order valence-corrected chi connectivity index (χ1v) is 21.5. The highest BCUT2D eigenvalue weighted by Crippen LogP contribution is 2.65. The molecule has 2 aliphatic carbocycles. The van der Waals surface area contributed by atoms with Crippen molar-refractivity contribution in [3.05, 3.63) is 271 Å². The lowest BCUT2D eigenvalue weighted by atomic mass is 9.70. The maximum Gasteiger partial charge on any atom is 0.0726 e. The topological polar surface area (TPSA) is 3.24 Å². The second kappa shape index (κ2) is 14.6. The van der Waals surface area contributed by atoms with Gasteiger partial charge < -0.3 is 4.90 Å². The van der Waals surface area contributed by atoms with Gasteiger partial charge in [0.15, 0.2) is 0 Å². The fourth-order valence-electron chi connectivity index (χ4n) is 10.5. The van der Waals surface area contributed by atoms with Crippen LogP contribution < -0.4 is 4.90 Å². The lowest BCUT2D eigenvalue weighted by molar-refractivity contribution is 0.794. The van der Waals surface area contributed by atoms with Crippen molar-refractivity contribution < 1.29 is 0 Å². The number of benzene rings is 10. The summed E-state index contributed by atoms with van der Waals surface area (Å²) in [5.74, 6) is 0. The maximum atomic E-state index is 2.50. The predicted molar refractivity (Wildman–Crippen MR) is 259 cm³/mol. The van der Waals surface area contributed by atoms with Gasteiger partial charge in [-0.3, -0.25) is 0 Å². The van der Waals surface area contributed by atoms with Gasteiger partial charge in [-0.2, -0.15) is 0 Å². The average Bonchev–Trinajstić information content (AvgIpc) is 3.83. The molecular formula is C61H41N. The average molecular weight is 788 g/mol. The third-order valence-electron chi connectivity index (χ3n) is 13.1. The van der Waals surface area contributed by atoms with E-state index in [0.717, 1.165) is 17.1 Å². The molecule has 0 fully saturated rings. The van der Waals surface area contributed by atoms with Crippen LogP contribution in [-0.2, 0) is 5.41 Å². The van der Waals surface area contributed by atoms with Crippen molar-refractivity contribution in [2.24, 2.45) is 0 Å². The summed E-state index contributed by atoms with van der Waals surface area (Å²) < 4.78 is 0. The van der Waals surface area contributed by atoms with E-state index in [1.54, 1.807) is 0 Å². The fraction of sp³-hybridized carbons (Fsp3) is 0.0164. The SMILES string of the molecule is c1ccc(-c2ccc(N(c3ccccc3-c3ccccc3)c3cccc4c3-c3ccccc3C43c4ccccc4-c4ccc(-c5ccccc5-c5ccccc5)cc43)cc2)cc1. The van der Waals surface area contributed by atoms with E-state index in [9.17, 15) is 0 Å². The molecule has 1 spiro atoms. The monoisotopic (exact) mass is 787 g/mol. The number of nitrogens with zero attached hydrogens (tertiary/aromatic N) is 1. The Morgan fingerprint density at radius 3 is 1.35 bits per heavy atom. The van der Waals surface area contributed by atoms with Crippen molar-refractivity contribution >= 4 is 17.1 Å². The molecule has 0 aliphatic heterocycles. The molecule has 0 saturated heterocycles. The largest absolute Gasteiger partial charge is 0.309 e. The van der Waals surface area contributed by atoms with E-state index in [2.05, 4.69) is 254 Å². The summed E-state index contributed by atoms with van der Waals surface area (Å²) >= 11 is 0. The third kappa shape index (κ3) is 5.49.